The van der Waals surface area contributed by atoms with Crippen LogP contribution in [0.2, 0.25) is 0 Å². The van der Waals surface area contributed by atoms with Crippen LogP contribution >= 0.6 is 11.3 Å². The lowest BCUT2D eigenvalue weighted by atomic mass is 10.1. The Balaban J connectivity index is 1.55. The van der Waals surface area contributed by atoms with Crippen LogP contribution in [-0.4, -0.2) is 43.6 Å². The van der Waals surface area contributed by atoms with Crippen LogP contribution in [0, 0.1) is 0 Å². The molecule has 0 radical (unpaired) electrons. The molecule has 1 saturated heterocycles. The van der Waals surface area contributed by atoms with Crippen LogP contribution < -0.4 is 15.0 Å². The highest BCUT2D eigenvalue weighted by Gasteiger charge is 2.40. The van der Waals surface area contributed by atoms with Gasteiger partial charge in [0.15, 0.2) is 5.69 Å². The number of amides is 1. The lowest BCUT2D eigenvalue weighted by Gasteiger charge is -2.28. The summed E-state index contributed by atoms with van der Waals surface area (Å²) in [5, 5.41) is 2.42. The summed E-state index contributed by atoms with van der Waals surface area (Å²) in [6.45, 7) is 3.99. The van der Waals surface area contributed by atoms with E-state index in [2.05, 4.69) is 19.9 Å². The highest BCUT2D eigenvalue weighted by atomic mass is 32.1. The fraction of sp³-hybridized carbons (Fsp3) is 0.333. The zero-order valence-corrected chi connectivity index (χ0v) is 20.1. The van der Waals surface area contributed by atoms with Crippen molar-refractivity contribution in [3.05, 3.63) is 64.7 Å². The van der Waals surface area contributed by atoms with Crippen molar-refractivity contribution in [1.29, 1.82) is 0 Å². The SMILES string of the molecule is CC(NC(=O)c1sc(-c2ccc(N3CCOCC3)cc2)nc1C(F)(F)F)c1cccc(OC(F)(F)F)c1. The number of morpholine rings is 1. The van der Waals surface area contributed by atoms with Gasteiger partial charge in [0, 0.05) is 24.3 Å². The van der Waals surface area contributed by atoms with Gasteiger partial charge in [-0.2, -0.15) is 13.2 Å². The second kappa shape index (κ2) is 10.6. The van der Waals surface area contributed by atoms with Crippen LogP contribution in [0.4, 0.5) is 32.0 Å². The molecule has 0 bridgehead atoms. The van der Waals surface area contributed by atoms with E-state index in [0.717, 1.165) is 17.8 Å². The summed E-state index contributed by atoms with van der Waals surface area (Å²) in [6, 6.07) is 10.7. The molecule has 1 aromatic heterocycles. The second-order valence-corrected chi connectivity index (χ2v) is 9.16. The molecule has 6 nitrogen and oxygen atoms in total. The van der Waals surface area contributed by atoms with Crippen molar-refractivity contribution in [2.24, 2.45) is 0 Å². The number of hydrogen-bond donors (Lipinski definition) is 1. The number of carbonyl (C=O) groups is 1. The summed E-state index contributed by atoms with van der Waals surface area (Å²) >= 11 is 0.587. The summed E-state index contributed by atoms with van der Waals surface area (Å²) in [5.41, 5.74) is 0.190. The summed E-state index contributed by atoms with van der Waals surface area (Å²) in [6.07, 6.45) is -9.80. The normalized spacial score (nSPS) is 15.4. The second-order valence-electron chi connectivity index (χ2n) is 8.16. The summed E-state index contributed by atoms with van der Waals surface area (Å²) in [4.78, 5) is 18.0. The summed E-state index contributed by atoms with van der Waals surface area (Å²) in [5.74, 6) is -1.56. The first-order valence-corrected chi connectivity index (χ1v) is 11.9. The van der Waals surface area contributed by atoms with E-state index in [1.807, 2.05) is 0 Å². The third kappa shape index (κ3) is 6.72. The standard InChI is InChI=1S/C24H21F6N3O3S/c1-14(16-3-2-4-18(13-16)36-24(28,29)30)31-21(34)19-20(23(25,26)27)32-22(37-19)15-5-7-17(8-6-15)33-9-11-35-12-10-33/h2-8,13-14H,9-12H2,1H3,(H,31,34). The van der Waals surface area contributed by atoms with Crippen molar-refractivity contribution >= 4 is 22.9 Å². The molecule has 13 heteroatoms. The highest BCUT2D eigenvalue weighted by molar-refractivity contribution is 7.17. The van der Waals surface area contributed by atoms with E-state index in [1.165, 1.54) is 19.1 Å². The van der Waals surface area contributed by atoms with Crippen molar-refractivity contribution in [3.63, 3.8) is 0 Å². The topological polar surface area (TPSA) is 63.7 Å². The van der Waals surface area contributed by atoms with Gasteiger partial charge in [-0.05, 0) is 48.9 Å². The monoisotopic (exact) mass is 545 g/mol. The summed E-state index contributed by atoms with van der Waals surface area (Å²) < 4.78 is 87.9. The first-order valence-electron chi connectivity index (χ1n) is 11.1. The number of benzene rings is 2. The van der Waals surface area contributed by atoms with Gasteiger partial charge in [0.1, 0.15) is 15.6 Å². The molecule has 4 rings (SSSR count). The van der Waals surface area contributed by atoms with Crippen LogP contribution in [0.3, 0.4) is 0 Å². The fourth-order valence-corrected chi connectivity index (χ4v) is 4.75. The van der Waals surface area contributed by atoms with Crippen LogP contribution in [0.25, 0.3) is 10.6 Å². The van der Waals surface area contributed by atoms with Gasteiger partial charge in [0.2, 0.25) is 0 Å². The van der Waals surface area contributed by atoms with E-state index >= 15 is 0 Å². The van der Waals surface area contributed by atoms with Crippen molar-refractivity contribution in [2.75, 3.05) is 31.2 Å². The van der Waals surface area contributed by atoms with E-state index in [4.69, 9.17) is 4.74 Å². The minimum atomic E-state index is -4.91. The zero-order valence-electron chi connectivity index (χ0n) is 19.3. The van der Waals surface area contributed by atoms with Crippen molar-refractivity contribution < 1.29 is 40.6 Å². The van der Waals surface area contributed by atoms with Crippen molar-refractivity contribution in [3.8, 4) is 16.3 Å². The Morgan fingerprint density at radius 1 is 1.08 bits per heavy atom. The molecule has 3 aromatic rings. The van der Waals surface area contributed by atoms with E-state index in [-0.39, 0.29) is 10.6 Å². The highest BCUT2D eigenvalue weighted by Crippen LogP contribution is 2.38. The molecule has 1 aliphatic heterocycles. The molecule has 2 heterocycles. The van der Waals surface area contributed by atoms with E-state index in [9.17, 15) is 31.1 Å². The Kier molecular flexibility index (Phi) is 7.64. The van der Waals surface area contributed by atoms with Crippen LogP contribution in [0.5, 0.6) is 5.75 Å². The van der Waals surface area contributed by atoms with E-state index < -0.39 is 40.8 Å². The Hall–Kier alpha value is -3.32. The molecule has 1 aliphatic rings. The largest absolute Gasteiger partial charge is 0.573 e. The van der Waals surface area contributed by atoms with E-state index in [0.29, 0.717) is 43.2 Å². The zero-order chi connectivity index (χ0) is 26.8. The molecule has 1 unspecified atom stereocenters. The number of carbonyl (C=O) groups excluding carboxylic acids is 1. The molecular formula is C24H21F6N3O3S. The van der Waals surface area contributed by atoms with E-state index in [1.54, 1.807) is 24.3 Å². The molecule has 1 atom stereocenters. The predicted octanol–water partition coefficient (Wildman–Crippen LogP) is 6.06. The number of alkyl halides is 6. The first kappa shape index (κ1) is 26.7. The molecule has 2 aromatic carbocycles. The van der Waals surface area contributed by atoms with Crippen LogP contribution in [0.1, 0.15) is 33.9 Å². The van der Waals surface area contributed by atoms with Crippen molar-refractivity contribution in [2.45, 2.75) is 25.5 Å². The number of anilines is 1. The smallest absolute Gasteiger partial charge is 0.406 e. The van der Waals surface area contributed by atoms with Gasteiger partial charge in [-0.25, -0.2) is 4.98 Å². The van der Waals surface area contributed by atoms with Gasteiger partial charge in [-0.15, -0.1) is 24.5 Å². The number of nitrogens with zero attached hydrogens (tertiary/aromatic N) is 2. The van der Waals surface area contributed by atoms with Crippen LogP contribution in [0.15, 0.2) is 48.5 Å². The van der Waals surface area contributed by atoms with Crippen molar-refractivity contribution in [1.82, 2.24) is 10.3 Å². The molecule has 0 aliphatic carbocycles. The van der Waals surface area contributed by atoms with Gasteiger partial charge in [0.05, 0.1) is 19.3 Å². The third-order valence-corrected chi connectivity index (χ3v) is 6.63. The predicted molar refractivity (Wildman–Crippen MR) is 125 cm³/mol. The number of nitrogens with one attached hydrogen (secondary N) is 1. The number of halogens is 6. The van der Waals surface area contributed by atoms with Gasteiger partial charge in [-0.3, -0.25) is 4.79 Å². The maximum absolute atomic E-state index is 13.7. The lowest BCUT2D eigenvalue weighted by Crippen LogP contribution is -2.36. The molecule has 198 valence electrons. The quantitative estimate of drug-likeness (QED) is 0.382. The number of rotatable bonds is 6. The molecule has 0 saturated carbocycles. The van der Waals surface area contributed by atoms with Gasteiger partial charge in [-0.1, -0.05) is 12.1 Å². The molecule has 0 spiro atoms. The van der Waals surface area contributed by atoms with Gasteiger partial charge < -0.3 is 19.7 Å². The Morgan fingerprint density at radius 2 is 1.76 bits per heavy atom. The molecule has 1 fully saturated rings. The Labute approximate surface area is 211 Å². The minimum Gasteiger partial charge on any atom is -0.406 e. The maximum Gasteiger partial charge on any atom is 0.573 e. The van der Waals surface area contributed by atoms with Gasteiger partial charge in [0.25, 0.3) is 5.91 Å². The molecule has 1 N–H and O–H groups in total. The Bertz CT molecular complexity index is 1240. The number of ether oxygens (including phenoxy) is 2. The maximum atomic E-state index is 13.7. The van der Waals surface area contributed by atoms with Gasteiger partial charge >= 0.3 is 12.5 Å². The number of hydrogen-bond acceptors (Lipinski definition) is 6. The third-order valence-electron chi connectivity index (χ3n) is 5.53. The average Bonchev–Trinajstić information content (AvgIpc) is 3.30. The molecular weight excluding hydrogens is 524 g/mol. The molecule has 37 heavy (non-hydrogen) atoms. The number of aromatic nitrogens is 1. The Morgan fingerprint density at radius 3 is 2.38 bits per heavy atom. The van der Waals surface area contributed by atoms with Crippen LogP contribution in [-0.2, 0) is 10.9 Å². The fourth-order valence-electron chi connectivity index (χ4n) is 3.75. The summed E-state index contributed by atoms with van der Waals surface area (Å²) in [7, 11) is 0. The molecule has 1 amide bonds. The lowest BCUT2D eigenvalue weighted by molar-refractivity contribution is -0.274. The average molecular weight is 546 g/mol. The minimum absolute atomic E-state index is 0.0132. The number of thiazole rings is 1. The first-order chi connectivity index (χ1) is 17.4.